The molecule has 8 heteroatoms. The maximum absolute atomic E-state index is 12.3. The molecule has 0 bridgehead atoms. The van der Waals surface area contributed by atoms with Gasteiger partial charge in [-0.25, -0.2) is 13.1 Å². The number of nitrogens with one attached hydrogen (secondary N) is 1. The van der Waals surface area contributed by atoms with E-state index >= 15 is 0 Å². The number of hydrogen-bond acceptors (Lipinski definition) is 4. The number of carboxylic acid groups (broad SMARTS) is 1. The van der Waals surface area contributed by atoms with E-state index in [1.54, 1.807) is 12.1 Å². The molecule has 1 heterocycles. The van der Waals surface area contributed by atoms with E-state index in [0.717, 1.165) is 0 Å². The number of hydrogen-bond donors (Lipinski definition) is 2. The molecule has 0 amide bonds. The van der Waals surface area contributed by atoms with Crippen molar-refractivity contribution in [1.29, 1.82) is 0 Å². The molecule has 0 saturated heterocycles. The summed E-state index contributed by atoms with van der Waals surface area (Å²) in [5.41, 5.74) is 0.714. The highest BCUT2D eigenvalue weighted by Crippen LogP contribution is 2.14. The van der Waals surface area contributed by atoms with Gasteiger partial charge in [-0.1, -0.05) is 32.0 Å². The summed E-state index contributed by atoms with van der Waals surface area (Å²) in [6.45, 7) is 3.66. The Balaban J connectivity index is 2.23. The highest BCUT2D eigenvalue weighted by Gasteiger charge is 2.27. The normalized spacial score (nSPS) is 13.2. The average molecular weight is 337 g/mol. The molecule has 2 N–H and O–H groups in total. The van der Waals surface area contributed by atoms with E-state index < -0.39 is 22.0 Å². The Kier molecular flexibility index (Phi) is 5.17. The van der Waals surface area contributed by atoms with Crippen LogP contribution in [-0.4, -0.2) is 35.3 Å². The van der Waals surface area contributed by atoms with Crippen LogP contribution >= 0.6 is 0 Å². The molecule has 0 aliphatic carbocycles. The van der Waals surface area contributed by atoms with E-state index in [2.05, 4.69) is 9.82 Å². The summed E-state index contributed by atoms with van der Waals surface area (Å²) < 4.78 is 28.3. The van der Waals surface area contributed by atoms with Gasteiger partial charge < -0.3 is 5.11 Å². The lowest BCUT2D eigenvalue weighted by Gasteiger charge is -2.15. The molecule has 0 fully saturated rings. The summed E-state index contributed by atoms with van der Waals surface area (Å²) in [5, 5.41) is 13.2. The number of sulfonamides is 1. The second kappa shape index (κ2) is 6.93. The van der Waals surface area contributed by atoms with Crippen molar-refractivity contribution in [2.24, 2.45) is 5.92 Å². The first-order valence-corrected chi connectivity index (χ1v) is 8.63. The molecule has 0 saturated carbocycles. The predicted octanol–water partition coefficient (Wildman–Crippen LogP) is 1.65. The number of nitrogens with zero attached hydrogens (tertiary/aromatic N) is 2. The van der Waals surface area contributed by atoms with Gasteiger partial charge in [0.15, 0.2) is 0 Å². The van der Waals surface area contributed by atoms with Crippen molar-refractivity contribution >= 4 is 16.0 Å². The van der Waals surface area contributed by atoms with Gasteiger partial charge >= 0.3 is 5.97 Å². The van der Waals surface area contributed by atoms with Crippen molar-refractivity contribution in [2.45, 2.75) is 31.2 Å². The molecule has 2 rings (SSSR count). The van der Waals surface area contributed by atoms with Gasteiger partial charge in [0.05, 0.1) is 18.1 Å². The summed E-state index contributed by atoms with van der Waals surface area (Å²) in [4.78, 5) is 11.2. The van der Waals surface area contributed by atoms with Crippen LogP contribution in [0.3, 0.4) is 0 Å². The summed E-state index contributed by atoms with van der Waals surface area (Å²) in [6, 6.07) is 7.88. The van der Waals surface area contributed by atoms with Crippen LogP contribution in [0.5, 0.6) is 0 Å². The van der Waals surface area contributed by atoms with Crippen LogP contribution in [0, 0.1) is 5.92 Å². The van der Waals surface area contributed by atoms with E-state index in [0.29, 0.717) is 5.69 Å². The highest BCUT2D eigenvalue weighted by molar-refractivity contribution is 7.89. The van der Waals surface area contributed by atoms with Gasteiger partial charge in [0.1, 0.15) is 10.9 Å². The first kappa shape index (κ1) is 17.2. The first-order valence-electron chi connectivity index (χ1n) is 7.15. The minimum atomic E-state index is -3.95. The van der Waals surface area contributed by atoms with E-state index in [4.69, 9.17) is 5.11 Å². The molecule has 7 nitrogen and oxygen atoms in total. The third kappa shape index (κ3) is 4.40. The third-order valence-electron chi connectivity index (χ3n) is 3.19. The zero-order chi connectivity index (χ0) is 17.0. The van der Waals surface area contributed by atoms with Crippen LogP contribution < -0.4 is 4.72 Å². The van der Waals surface area contributed by atoms with Crippen molar-refractivity contribution in [3.63, 3.8) is 0 Å². The van der Waals surface area contributed by atoms with E-state index in [-0.39, 0.29) is 17.2 Å². The van der Waals surface area contributed by atoms with Crippen LogP contribution in [-0.2, 0) is 14.8 Å². The van der Waals surface area contributed by atoms with E-state index in [1.807, 2.05) is 32.0 Å². The Hall–Kier alpha value is -2.19. The second-order valence-electron chi connectivity index (χ2n) is 5.60. The first-order chi connectivity index (χ1) is 10.8. The number of aromatic nitrogens is 2. The number of aliphatic carboxylic acids is 1. The monoisotopic (exact) mass is 337 g/mol. The average Bonchev–Trinajstić information content (AvgIpc) is 2.97. The molecule has 0 aliphatic rings. The lowest BCUT2D eigenvalue weighted by atomic mass is 10.1. The third-order valence-corrected chi connectivity index (χ3v) is 4.62. The zero-order valence-corrected chi connectivity index (χ0v) is 13.7. The summed E-state index contributed by atoms with van der Waals surface area (Å²) in [5.74, 6) is -1.15. The quantitative estimate of drug-likeness (QED) is 0.800. The van der Waals surface area contributed by atoms with Gasteiger partial charge in [0.2, 0.25) is 10.0 Å². The molecule has 0 spiro atoms. The Bertz CT molecular complexity index is 769. The summed E-state index contributed by atoms with van der Waals surface area (Å²) in [6.07, 6.45) is 2.76. The maximum Gasteiger partial charge on any atom is 0.321 e. The van der Waals surface area contributed by atoms with Gasteiger partial charge in [0.25, 0.3) is 0 Å². The molecular weight excluding hydrogens is 318 g/mol. The summed E-state index contributed by atoms with van der Waals surface area (Å²) >= 11 is 0. The fraction of sp³-hybridized carbons (Fsp3) is 0.333. The Morgan fingerprint density at radius 3 is 2.52 bits per heavy atom. The Morgan fingerprint density at radius 1 is 1.30 bits per heavy atom. The molecule has 1 unspecified atom stereocenters. The molecule has 1 atom stereocenters. The van der Waals surface area contributed by atoms with E-state index in [1.165, 1.54) is 17.1 Å². The largest absolute Gasteiger partial charge is 0.480 e. The maximum atomic E-state index is 12.3. The standard InChI is InChI=1S/C15H19N3O4S/c1-11(2)8-14(15(19)20)17-23(21,22)13-9-16-18(10-13)12-6-4-3-5-7-12/h3-7,9-11,14,17H,8H2,1-2H3,(H,19,20). The molecule has 2 aromatic rings. The fourth-order valence-corrected chi connectivity index (χ4v) is 3.23. The van der Waals surface area contributed by atoms with Crippen LogP contribution in [0.4, 0.5) is 0 Å². The molecular formula is C15H19N3O4S. The molecule has 124 valence electrons. The van der Waals surface area contributed by atoms with Crippen LogP contribution in [0.15, 0.2) is 47.6 Å². The highest BCUT2D eigenvalue weighted by atomic mass is 32.2. The molecule has 0 radical (unpaired) electrons. The van der Waals surface area contributed by atoms with Crippen LogP contribution in [0.2, 0.25) is 0 Å². The topological polar surface area (TPSA) is 101 Å². The molecule has 23 heavy (non-hydrogen) atoms. The van der Waals surface area contributed by atoms with Gasteiger partial charge in [-0.05, 0) is 24.5 Å². The number of rotatable bonds is 7. The number of carboxylic acids is 1. The lowest BCUT2D eigenvalue weighted by molar-refractivity contribution is -0.139. The van der Waals surface area contributed by atoms with Crippen molar-refractivity contribution in [3.05, 3.63) is 42.7 Å². The van der Waals surface area contributed by atoms with Crippen molar-refractivity contribution < 1.29 is 18.3 Å². The van der Waals surface area contributed by atoms with Gasteiger partial charge in [-0.3, -0.25) is 4.79 Å². The predicted molar refractivity (Wildman–Crippen MR) is 84.8 cm³/mol. The molecule has 1 aromatic carbocycles. The lowest BCUT2D eigenvalue weighted by Crippen LogP contribution is -2.41. The van der Waals surface area contributed by atoms with Crippen LogP contribution in [0.25, 0.3) is 5.69 Å². The van der Waals surface area contributed by atoms with Gasteiger partial charge in [-0.15, -0.1) is 0 Å². The van der Waals surface area contributed by atoms with Crippen molar-refractivity contribution in [3.8, 4) is 5.69 Å². The second-order valence-corrected chi connectivity index (χ2v) is 7.31. The fourth-order valence-electron chi connectivity index (χ4n) is 2.09. The molecule has 0 aliphatic heterocycles. The molecule has 1 aromatic heterocycles. The van der Waals surface area contributed by atoms with Crippen molar-refractivity contribution in [1.82, 2.24) is 14.5 Å². The minimum Gasteiger partial charge on any atom is -0.480 e. The Morgan fingerprint density at radius 2 is 1.96 bits per heavy atom. The number of benzene rings is 1. The van der Waals surface area contributed by atoms with Crippen molar-refractivity contribution in [2.75, 3.05) is 0 Å². The SMILES string of the molecule is CC(C)CC(NS(=O)(=O)c1cnn(-c2ccccc2)c1)C(=O)O. The Labute approximate surface area is 135 Å². The van der Waals surface area contributed by atoms with E-state index in [9.17, 15) is 13.2 Å². The van der Waals surface area contributed by atoms with Gasteiger partial charge in [0, 0.05) is 0 Å². The summed E-state index contributed by atoms with van der Waals surface area (Å²) in [7, 11) is -3.95. The smallest absolute Gasteiger partial charge is 0.321 e. The zero-order valence-electron chi connectivity index (χ0n) is 12.9. The number of para-hydroxylation sites is 1. The minimum absolute atomic E-state index is 0.0471. The van der Waals surface area contributed by atoms with Crippen LogP contribution in [0.1, 0.15) is 20.3 Å². The number of carbonyl (C=O) groups is 1. The van der Waals surface area contributed by atoms with Gasteiger partial charge in [-0.2, -0.15) is 9.82 Å².